The monoisotopic (exact) mass is 264 g/mol. The third kappa shape index (κ3) is 2.71. The molecule has 0 unspecified atom stereocenters. The zero-order chi connectivity index (χ0) is 13.2. The van der Waals surface area contributed by atoms with Crippen LogP contribution in [0.5, 0.6) is 0 Å². The molecule has 1 aliphatic rings. The van der Waals surface area contributed by atoms with E-state index in [2.05, 4.69) is 10.8 Å². The van der Waals surface area contributed by atoms with Gasteiger partial charge in [-0.1, -0.05) is 24.1 Å². The van der Waals surface area contributed by atoms with Crippen LogP contribution in [0, 0.1) is 24.2 Å². The van der Waals surface area contributed by atoms with Crippen molar-refractivity contribution in [2.24, 2.45) is 5.92 Å². The third-order valence-electron chi connectivity index (χ3n) is 3.32. The molecule has 18 heavy (non-hydrogen) atoms. The highest BCUT2D eigenvalue weighted by Gasteiger charge is 2.31. The number of hydrogen-bond donors (Lipinski definition) is 1. The summed E-state index contributed by atoms with van der Waals surface area (Å²) in [5.74, 6) is -0.203. The lowest BCUT2D eigenvalue weighted by atomic mass is 10.1. The maximum absolute atomic E-state index is 12.1. The molecule has 1 aromatic carbocycles. The van der Waals surface area contributed by atoms with Gasteiger partial charge >= 0.3 is 0 Å². The van der Waals surface area contributed by atoms with Gasteiger partial charge in [0, 0.05) is 6.04 Å². The third-order valence-corrected chi connectivity index (χ3v) is 4.83. The Morgan fingerprint density at radius 1 is 1.28 bits per heavy atom. The quantitative estimate of drug-likeness (QED) is 0.907. The minimum Gasteiger partial charge on any atom is -0.207 e. The summed E-state index contributed by atoms with van der Waals surface area (Å²) in [7, 11) is -3.50. The zero-order valence-corrected chi connectivity index (χ0v) is 11.1. The topological polar surface area (TPSA) is 70.0 Å². The Bertz CT molecular complexity index is 558. The first-order valence-electron chi connectivity index (χ1n) is 6.01. The van der Waals surface area contributed by atoms with Crippen molar-refractivity contribution in [2.45, 2.75) is 37.1 Å². The van der Waals surface area contributed by atoms with Gasteiger partial charge in [0.1, 0.15) is 0 Å². The lowest BCUT2D eigenvalue weighted by molar-refractivity contribution is 0.515. The molecule has 1 fully saturated rings. The van der Waals surface area contributed by atoms with Crippen LogP contribution in [0.3, 0.4) is 0 Å². The smallest absolute Gasteiger partial charge is 0.207 e. The first-order valence-corrected chi connectivity index (χ1v) is 7.50. The predicted molar refractivity (Wildman–Crippen MR) is 68.2 cm³/mol. The van der Waals surface area contributed by atoms with Gasteiger partial charge in [-0.2, -0.15) is 5.26 Å². The fourth-order valence-corrected chi connectivity index (χ4v) is 3.55. The molecule has 0 bridgehead atoms. The molecule has 1 N–H and O–H groups in total. The molecular weight excluding hydrogens is 248 g/mol. The number of nitriles is 1. The van der Waals surface area contributed by atoms with E-state index >= 15 is 0 Å². The van der Waals surface area contributed by atoms with Gasteiger partial charge in [0.05, 0.1) is 16.9 Å². The summed E-state index contributed by atoms with van der Waals surface area (Å²) in [5, 5.41) is 8.96. The van der Waals surface area contributed by atoms with Crippen LogP contribution >= 0.6 is 0 Å². The number of rotatable bonds is 3. The molecule has 5 heteroatoms. The fraction of sp³-hybridized carbons (Fsp3) is 0.462. The van der Waals surface area contributed by atoms with E-state index in [1.165, 1.54) is 0 Å². The van der Waals surface area contributed by atoms with Crippen LogP contribution < -0.4 is 4.72 Å². The summed E-state index contributed by atoms with van der Waals surface area (Å²) in [6.07, 6.45) is 2.42. The van der Waals surface area contributed by atoms with Crippen molar-refractivity contribution >= 4 is 10.0 Å². The zero-order valence-electron chi connectivity index (χ0n) is 10.3. The molecule has 0 radical (unpaired) electrons. The van der Waals surface area contributed by atoms with Crippen molar-refractivity contribution in [2.75, 3.05) is 0 Å². The Balaban J connectivity index is 2.17. The van der Waals surface area contributed by atoms with Gasteiger partial charge in [-0.3, -0.25) is 0 Å². The van der Waals surface area contributed by atoms with E-state index in [-0.39, 0.29) is 16.9 Å². The molecule has 96 valence electrons. The van der Waals surface area contributed by atoms with Crippen LogP contribution in [0.15, 0.2) is 29.2 Å². The SMILES string of the molecule is Cc1ccc(S(=O)(=O)N[C@H]2CCC[C@@H]2C#N)cc1. The number of sulfonamides is 1. The molecule has 0 aliphatic heterocycles. The molecule has 2 atom stereocenters. The van der Waals surface area contributed by atoms with Crippen LogP contribution in [0.25, 0.3) is 0 Å². The Kier molecular flexibility index (Phi) is 3.69. The van der Waals surface area contributed by atoms with Crippen molar-refractivity contribution < 1.29 is 8.42 Å². The maximum atomic E-state index is 12.1. The molecule has 0 aromatic heterocycles. The summed E-state index contributed by atoms with van der Waals surface area (Å²) in [6.45, 7) is 1.91. The summed E-state index contributed by atoms with van der Waals surface area (Å²) in [4.78, 5) is 0.261. The normalized spacial score (nSPS) is 23.8. The Labute approximate surface area is 108 Å². The van der Waals surface area contributed by atoms with Crippen LogP contribution in [0.2, 0.25) is 0 Å². The van der Waals surface area contributed by atoms with Gasteiger partial charge in [-0.25, -0.2) is 13.1 Å². The van der Waals surface area contributed by atoms with Gasteiger partial charge in [0.2, 0.25) is 10.0 Å². The van der Waals surface area contributed by atoms with Gasteiger partial charge < -0.3 is 0 Å². The lowest BCUT2D eigenvalue weighted by Gasteiger charge is -2.15. The van der Waals surface area contributed by atoms with Gasteiger partial charge in [0.15, 0.2) is 0 Å². The van der Waals surface area contributed by atoms with Crippen molar-refractivity contribution in [3.63, 3.8) is 0 Å². The van der Waals surface area contributed by atoms with E-state index in [1.54, 1.807) is 24.3 Å². The molecule has 0 heterocycles. The number of aryl methyl sites for hydroxylation is 1. The second-order valence-electron chi connectivity index (χ2n) is 4.71. The second kappa shape index (κ2) is 5.09. The van der Waals surface area contributed by atoms with Crippen LogP contribution in [-0.4, -0.2) is 14.5 Å². The Morgan fingerprint density at radius 3 is 2.56 bits per heavy atom. The summed E-state index contributed by atoms with van der Waals surface area (Å²) in [5.41, 5.74) is 1.02. The minimum atomic E-state index is -3.50. The van der Waals surface area contributed by atoms with E-state index in [0.717, 1.165) is 24.8 Å². The van der Waals surface area contributed by atoms with E-state index in [1.807, 2.05) is 6.92 Å². The average Bonchev–Trinajstić information content (AvgIpc) is 2.76. The summed E-state index contributed by atoms with van der Waals surface area (Å²) >= 11 is 0. The highest BCUT2D eigenvalue weighted by atomic mass is 32.2. The van der Waals surface area contributed by atoms with Gasteiger partial charge in [-0.05, 0) is 31.9 Å². The molecule has 1 aromatic rings. The fourth-order valence-electron chi connectivity index (χ4n) is 2.24. The van der Waals surface area contributed by atoms with Crippen LogP contribution in [0.1, 0.15) is 24.8 Å². The van der Waals surface area contributed by atoms with Gasteiger partial charge in [0.25, 0.3) is 0 Å². The number of hydrogen-bond acceptors (Lipinski definition) is 3. The molecule has 1 saturated carbocycles. The van der Waals surface area contributed by atoms with E-state index in [4.69, 9.17) is 5.26 Å². The van der Waals surface area contributed by atoms with E-state index < -0.39 is 10.0 Å². The Hall–Kier alpha value is -1.38. The highest BCUT2D eigenvalue weighted by molar-refractivity contribution is 7.89. The second-order valence-corrected chi connectivity index (χ2v) is 6.42. The largest absolute Gasteiger partial charge is 0.240 e. The van der Waals surface area contributed by atoms with E-state index in [9.17, 15) is 8.42 Å². The lowest BCUT2D eigenvalue weighted by Crippen LogP contribution is -2.36. The highest BCUT2D eigenvalue weighted by Crippen LogP contribution is 2.26. The van der Waals surface area contributed by atoms with E-state index in [0.29, 0.717) is 0 Å². The molecule has 0 saturated heterocycles. The molecule has 1 aliphatic carbocycles. The number of nitrogens with zero attached hydrogens (tertiary/aromatic N) is 1. The molecule has 4 nitrogen and oxygen atoms in total. The summed E-state index contributed by atoms with van der Waals surface area (Å²) in [6, 6.07) is 8.64. The van der Waals surface area contributed by atoms with Crippen molar-refractivity contribution in [3.05, 3.63) is 29.8 Å². The van der Waals surface area contributed by atoms with Gasteiger partial charge in [-0.15, -0.1) is 0 Å². The molecule has 0 spiro atoms. The Morgan fingerprint density at radius 2 is 1.94 bits per heavy atom. The average molecular weight is 264 g/mol. The van der Waals surface area contributed by atoms with Crippen LogP contribution in [0.4, 0.5) is 0 Å². The predicted octanol–water partition coefficient (Wildman–Crippen LogP) is 1.97. The van der Waals surface area contributed by atoms with Crippen molar-refractivity contribution in [1.29, 1.82) is 5.26 Å². The minimum absolute atomic E-state index is 0.203. The standard InChI is InChI=1S/C13H16N2O2S/c1-10-5-7-12(8-6-10)18(16,17)15-13-4-2-3-11(13)9-14/h5-8,11,13,15H,2-4H2,1H3/t11-,13+/m1/s1. The first-order chi connectivity index (χ1) is 8.53. The van der Waals surface area contributed by atoms with Crippen molar-refractivity contribution in [3.8, 4) is 6.07 Å². The number of benzene rings is 1. The maximum Gasteiger partial charge on any atom is 0.240 e. The van der Waals surface area contributed by atoms with Crippen LogP contribution in [-0.2, 0) is 10.0 Å². The van der Waals surface area contributed by atoms with Crippen molar-refractivity contribution in [1.82, 2.24) is 4.72 Å². The summed E-state index contributed by atoms with van der Waals surface area (Å²) < 4.78 is 26.9. The molecule has 0 amide bonds. The number of nitrogens with one attached hydrogen (secondary N) is 1. The molecule has 2 rings (SSSR count). The molecular formula is C13H16N2O2S. The first kappa shape index (κ1) is 13.1.